The van der Waals surface area contributed by atoms with Crippen molar-refractivity contribution in [1.82, 2.24) is 0 Å². The standard InChI is InChI=1S/C8H12O3/c1-3-7-6(9)4-5-8(2,10)11-7/h4-5,7,10H,3H2,1-2H3. The molecule has 0 saturated carbocycles. The lowest BCUT2D eigenvalue weighted by atomic mass is 10.1. The third kappa shape index (κ3) is 1.88. The molecule has 3 heteroatoms. The van der Waals surface area contributed by atoms with Crippen LogP contribution in [-0.2, 0) is 9.53 Å². The molecule has 0 aliphatic carbocycles. The van der Waals surface area contributed by atoms with E-state index in [9.17, 15) is 9.90 Å². The van der Waals surface area contributed by atoms with Crippen LogP contribution in [0.25, 0.3) is 0 Å². The minimum atomic E-state index is -1.27. The van der Waals surface area contributed by atoms with Crippen LogP contribution in [0.1, 0.15) is 20.3 Å². The molecule has 1 aliphatic rings. The quantitative estimate of drug-likeness (QED) is 0.605. The molecular formula is C8H12O3. The minimum Gasteiger partial charge on any atom is -0.362 e. The number of carbonyl (C=O) groups is 1. The second kappa shape index (κ2) is 2.75. The van der Waals surface area contributed by atoms with Crippen molar-refractivity contribution >= 4 is 5.78 Å². The van der Waals surface area contributed by atoms with E-state index >= 15 is 0 Å². The highest BCUT2D eigenvalue weighted by Gasteiger charge is 2.29. The Bertz CT molecular complexity index is 194. The topological polar surface area (TPSA) is 46.5 Å². The third-order valence-electron chi connectivity index (χ3n) is 1.63. The van der Waals surface area contributed by atoms with Gasteiger partial charge in [-0.2, -0.15) is 0 Å². The van der Waals surface area contributed by atoms with Crippen molar-refractivity contribution in [3.05, 3.63) is 12.2 Å². The predicted molar refractivity (Wildman–Crippen MR) is 39.9 cm³/mol. The average Bonchev–Trinajstić information content (AvgIpc) is 1.94. The zero-order valence-corrected chi connectivity index (χ0v) is 6.70. The monoisotopic (exact) mass is 156 g/mol. The molecule has 0 bridgehead atoms. The van der Waals surface area contributed by atoms with Crippen molar-refractivity contribution in [1.29, 1.82) is 0 Å². The maximum absolute atomic E-state index is 11.0. The van der Waals surface area contributed by atoms with Gasteiger partial charge in [0.25, 0.3) is 0 Å². The Labute approximate surface area is 65.7 Å². The first-order valence-corrected chi connectivity index (χ1v) is 3.68. The second-order valence-corrected chi connectivity index (χ2v) is 2.81. The summed E-state index contributed by atoms with van der Waals surface area (Å²) in [6.07, 6.45) is 2.85. The van der Waals surface area contributed by atoms with Crippen molar-refractivity contribution in [2.24, 2.45) is 0 Å². The van der Waals surface area contributed by atoms with E-state index in [0.29, 0.717) is 6.42 Å². The molecule has 1 rings (SSSR count). The van der Waals surface area contributed by atoms with Gasteiger partial charge in [0.15, 0.2) is 11.6 Å². The van der Waals surface area contributed by atoms with E-state index in [1.54, 1.807) is 0 Å². The van der Waals surface area contributed by atoms with Crippen LogP contribution in [-0.4, -0.2) is 22.8 Å². The van der Waals surface area contributed by atoms with Crippen LogP contribution in [0.4, 0.5) is 0 Å². The lowest BCUT2D eigenvalue weighted by Gasteiger charge is -2.28. The number of ketones is 1. The summed E-state index contributed by atoms with van der Waals surface area (Å²) >= 11 is 0. The maximum Gasteiger partial charge on any atom is 0.184 e. The number of rotatable bonds is 1. The molecule has 1 N–H and O–H groups in total. The summed E-state index contributed by atoms with van der Waals surface area (Å²) in [7, 11) is 0. The highest BCUT2D eigenvalue weighted by Crippen LogP contribution is 2.18. The normalized spacial score (nSPS) is 37.7. The number of aliphatic hydroxyl groups is 1. The molecule has 0 aromatic carbocycles. The number of ether oxygens (including phenoxy) is 1. The Morgan fingerprint density at radius 2 is 2.45 bits per heavy atom. The van der Waals surface area contributed by atoms with Gasteiger partial charge in [0.1, 0.15) is 6.10 Å². The fourth-order valence-electron chi connectivity index (χ4n) is 1.01. The molecule has 3 nitrogen and oxygen atoms in total. The number of hydrogen-bond acceptors (Lipinski definition) is 3. The summed E-state index contributed by atoms with van der Waals surface area (Å²) in [6, 6.07) is 0. The van der Waals surface area contributed by atoms with Gasteiger partial charge in [0.05, 0.1) is 0 Å². The van der Waals surface area contributed by atoms with Crippen LogP contribution in [0.3, 0.4) is 0 Å². The fourth-order valence-corrected chi connectivity index (χ4v) is 1.01. The lowest BCUT2D eigenvalue weighted by Crippen LogP contribution is -2.38. The molecule has 62 valence electrons. The molecule has 1 aliphatic heterocycles. The highest BCUT2D eigenvalue weighted by atomic mass is 16.6. The average molecular weight is 156 g/mol. The van der Waals surface area contributed by atoms with Crippen LogP contribution in [0.15, 0.2) is 12.2 Å². The summed E-state index contributed by atoms with van der Waals surface area (Å²) in [5.41, 5.74) is 0. The van der Waals surface area contributed by atoms with Crippen molar-refractivity contribution in [3.63, 3.8) is 0 Å². The number of carbonyl (C=O) groups excluding carboxylic acids is 1. The summed E-state index contributed by atoms with van der Waals surface area (Å²) in [5, 5.41) is 9.33. The largest absolute Gasteiger partial charge is 0.362 e. The highest BCUT2D eigenvalue weighted by molar-refractivity contribution is 5.94. The van der Waals surface area contributed by atoms with Gasteiger partial charge in [-0.05, 0) is 25.5 Å². The maximum atomic E-state index is 11.0. The van der Waals surface area contributed by atoms with Gasteiger partial charge in [-0.25, -0.2) is 0 Å². The van der Waals surface area contributed by atoms with Gasteiger partial charge in [-0.15, -0.1) is 0 Å². The zero-order valence-electron chi connectivity index (χ0n) is 6.70. The first-order chi connectivity index (χ1) is 5.05. The van der Waals surface area contributed by atoms with E-state index in [-0.39, 0.29) is 5.78 Å². The smallest absolute Gasteiger partial charge is 0.184 e. The first kappa shape index (κ1) is 8.43. The van der Waals surface area contributed by atoms with Gasteiger partial charge >= 0.3 is 0 Å². The molecule has 0 aromatic rings. The van der Waals surface area contributed by atoms with Crippen molar-refractivity contribution in [2.75, 3.05) is 0 Å². The van der Waals surface area contributed by atoms with Gasteiger partial charge < -0.3 is 9.84 Å². The Balaban J connectivity index is 2.75. The van der Waals surface area contributed by atoms with Crippen LogP contribution < -0.4 is 0 Å². The van der Waals surface area contributed by atoms with Crippen molar-refractivity contribution in [3.8, 4) is 0 Å². The van der Waals surface area contributed by atoms with Gasteiger partial charge in [0, 0.05) is 0 Å². The Kier molecular flexibility index (Phi) is 2.11. The summed E-state index contributed by atoms with van der Waals surface area (Å²) in [4.78, 5) is 11.0. The molecule has 0 spiro atoms. The van der Waals surface area contributed by atoms with Crippen molar-refractivity contribution < 1.29 is 14.6 Å². The third-order valence-corrected chi connectivity index (χ3v) is 1.63. The van der Waals surface area contributed by atoms with E-state index in [4.69, 9.17) is 4.74 Å². The molecular weight excluding hydrogens is 144 g/mol. The molecule has 11 heavy (non-hydrogen) atoms. The van der Waals surface area contributed by atoms with Crippen LogP contribution in [0.5, 0.6) is 0 Å². The molecule has 0 saturated heterocycles. The molecule has 0 radical (unpaired) electrons. The molecule has 2 unspecified atom stereocenters. The Morgan fingerprint density at radius 3 is 2.91 bits per heavy atom. The Morgan fingerprint density at radius 1 is 1.82 bits per heavy atom. The second-order valence-electron chi connectivity index (χ2n) is 2.81. The minimum absolute atomic E-state index is 0.0703. The molecule has 0 fully saturated rings. The van der Waals surface area contributed by atoms with Gasteiger partial charge in [-0.1, -0.05) is 6.92 Å². The summed E-state index contributed by atoms with van der Waals surface area (Å²) in [5.74, 6) is -1.34. The van der Waals surface area contributed by atoms with E-state index in [1.165, 1.54) is 19.1 Å². The van der Waals surface area contributed by atoms with E-state index in [2.05, 4.69) is 0 Å². The first-order valence-electron chi connectivity index (χ1n) is 3.68. The van der Waals surface area contributed by atoms with Gasteiger partial charge in [0.2, 0.25) is 0 Å². The fraction of sp³-hybridized carbons (Fsp3) is 0.625. The SMILES string of the molecule is CCC1OC(C)(O)C=CC1=O. The molecule has 0 aromatic heterocycles. The van der Waals surface area contributed by atoms with Crippen LogP contribution in [0, 0.1) is 0 Å². The predicted octanol–water partition coefficient (Wildman–Crippen LogP) is 0.629. The summed E-state index contributed by atoms with van der Waals surface area (Å²) in [6.45, 7) is 3.36. The Hall–Kier alpha value is -0.670. The lowest BCUT2D eigenvalue weighted by molar-refractivity contribution is -0.192. The van der Waals surface area contributed by atoms with E-state index < -0.39 is 11.9 Å². The zero-order chi connectivity index (χ0) is 8.48. The van der Waals surface area contributed by atoms with E-state index in [1.807, 2.05) is 6.92 Å². The molecule has 2 atom stereocenters. The molecule has 1 heterocycles. The summed E-state index contributed by atoms with van der Waals surface area (Å²) < 4.78 is 5.05. The van der Waals surface area contributed by atoms with Crippen LogP contribution in [0.2, 0.25) is 0 Å². The molecule has 0 amide bonds. The number of hydrogen-bond donors (Lipinski definition) is 1. The van der Waals surface area contributed by atoms with Gasteiger partial charge in [-0.3, -0.25) is 4.79 Å². The van der Waals surface area contributed by atoms with E-state index in [0.717, 1.165) is 0 Å². The van der Waals surface area contributed by atoms with Crippen LogP contribution >= 0.6 is 0 Å². The van der Waals surface area contributed by atoms with Crippen molar-refractivity contribution in [2.45, 2.75) is 32.2 Å².